The standard InChI is InChI=1S/C31H23N7/c1-15(2)31-37-28-19-8-6-17(11-22(19)24-13-33-34-14-25(24)30(28)38-31)18-7-9-20-23(12-18)26-21(5-4-10-32-26)29-27(20)35-16(3)36-29/h4-15H,1-3H3,(H,35,36)(H,37,38). The van der Waals surface area contributed by atoms with Crippen molar-refractivity contribution in [2.45, 2.75) is 26.7 Å². The number of aryl methyl sites for hydroxylation is 1. The first-order valence-corrected chi connectivity index (χ1v) is 12.8. The molecule has 7 nitrogen and oxygen atoms in total. The molecule has 4 aromatic carbocycles. The maximum Gasteiger partial charge on any atom is 0.109 e. The van der Waals surface area contributed by atoms with Gasteiger partial charge in [-0.3, -0.25) is 4.98 Å². The van der Waals surface area contributed by atoms with E-state index in [0.717, 1.165) is 88.1 Å². The largest absolute Gasteiger partial charge is 0.342 e. The molecular weight excluding hydrogens is 470 g/mol. The Kier molecular flexibility index (Phi) is 4.21. The molecule has 0 unspecified atom stereocenters. The molecule has 0 bridgehead atoms. The van der Waals surface area contributed by atoms with Gasteiger partial charge in [-0.25, -0.2) is 9.97 Å². The van der Waals surface area contributed by atoms with Gasteiger partial charge in [-0.1, -0.05) is 38.1 Å². The third kappa shape index (κ3) is 2.87. The maximum atomic E-state index is 4.92. The molecule has 0 saturated carbocycles. The van der Waals surface area contributed by atoms with Crippen LogP contribution in [0.25, 0.3) is 76.4 Å². The van der Waals surface area contributed by atoms with Crippen LogP contribution in [0.3, 0.4) is 0 Å². The molecule has 4 heterocycles. The van der Waals surface area contributed by atoms with Gasteiger partial charge in [-0.05, 0) is 47.7 Å². The Bertz CT molecular complexity index is 2240. The zero-order chi connectivity index (χ0) is 25.5. The molecule has 0 saturated heterocycles. The number of benzene rings is 4. The predicted molar refractivity (Wildman–Crippen MR) is 153 cm³/mol. The minimum Gasteiger partial charge on any atom is -0.342 e. The van der Waals surface area contributed by atoms with Gasteiger partial charge in [-0.15, -0.1) is 0 Å². The number of nitrogens with zero attached hydrogens (tertiary/aromatic N) is 5. The number of hydrogen-bond acceptors (Lipinski definition) is 5. The topological polar surface area (TPSA) is 96.0 Å². The SMILES string of the molecule is Cc1nc2c3cccnc3c3cc(-c4ccc5c(c4)c4cnncc4c4nc(C(C)C)[nH]c54)ccc3c2[nH]1. The molecule has 0 fully saturated rings. The molecule has 0 aliphatic heterocycles. The number of aromatic nitrogens is 7. The second-order valence-electron chi connectivity index (χ2n) is 10.3. The van der Waals surface area contributed by atoms with Gasteiger partial charge >= 0.3 is 0 Å². The Balaban J connectivity index is 1.42. The Morgan fingerprint density at radius 1 is 0.632 bits per heavy atom. The summed E-state index contributed by atoms with van der Waals surface area (Å²) in [6, 6.07) is 17.3. The van der Waals surface area contributed by atoms with Gasteiger partial charge in [0.05, 0.1) is 40.0 Å². The quantitative estimate of drug-likeness (QED) is 0.246. The summed E-state index contributed by atoms with van der Waals surface area (Å²) >= 11 is 0. The van der Waals surface area contributed by atoms with E-state index in [0.29, 0.717) is 5.92 Å². The lowest BCUT2D eigenvalue weighted by Crippen LogP contribution is -1.88. The summed E-state index contributed by atoms with van der Waals surface area (Å²) in [4.78, 5) is 21.5. The molecule has 8 aromatic rings. The average Bonchev–Trinajstić information content (AvgIpc) is 3.58. The highest BCUT2D eigenvalue weighted by molar-refractivity contribution is 6.24. The molecular formula is C31H23N7. The first-order valence-electron chi connectivity index (χ1n) is 12.8. The van der Waals surface area contributed by atoms with Crippen LogP contribution >= 0.6 is 0 Å². The minimum absolute atomic E-state index is 0.299. The van der Waals surface area contributed by atoms with Crippen LogP contribution in [-0.2, 0) is 0 Å². The van der Waals surface area contributed by atoms with Crippen molar-refractivity contribution in [3.8, 4) is 11.1 Å². The number of hydrogen-bond donors (Lipinski definition) is 2. The summed E-state index contributed by atoms with van der Waals surface area (Å²) in [7, 11) is 0. The van der Waals surface area contributed by atoms with Gasteiger partial charge in [0.1, 0.15) is 11.6 Å². The second-order valence-corrected chi connectivity index (χ2v) is 10.3. The normalized spacial score (nSPS) is 12.3. The average molecular weight is 494 g/mol. The number of H-pyrrole nitrogens is 2. The van der Waals surface area contributed by atoms with Crippen LogP contribution in [0.2, 0.25) is 0 Å². The number of imidazole rings is 2. The van der Waals surface area contributed by atoms with Crippen LogP contribution < -0.4 is 0 Å². The zero-order valence-electron chi connectivity index (χ0n) is 21.2. The Morgan fingerprint density at radius 2 is 1.32 bits per heavy atom. The molecule has 38 heavy (non-hydrogen) atoms. The van der Waals surface area contributed by atoms with Gasteiger partial charge in [0.2, 0.25) is 0 Å². The smallest absolute Gasteiger partial charge is 0.109 e. The summed E-state index contributed by atoms with van der Waals surface area (Å²) < 4.78 is 0. The van der Waals surface area contributed by atoms with Crippen molar-refractivity contribution >= 4 is 65.3 Å². The Morgan fingerprint density at radius 3 is 2.11 bits per heavy atom. The third-order valence-corrected chi connectivity index (χ3v) is 7.60. The van der Waals surface area contributed by atoms with Crippen molar-refractivity contribution in [2.75, 3.05) is 0 Å². The van der Waals surface area contributed by atoms with Crippen LogP contribution in [0.15, 0.2) is 67.1 Å². The number of aromatic amines is 2. The van der Waals surface area contributed by atoms with Crippen molar-refractivity contribution < 1.29 is 0 Å². The van der Waals surface area contributed by atoms with E-state index in [1.807, 2.05) is 31.6 Å². The molecule has 8 rings (SSSR count). The number of fused-ring (bicyclic) bond motifs is 12. The summed E-state index contributed by atoms with van der Waals surface area (Å²) in [5.74, 6) is 2.17. The van der Waals surface area contributed by atoms with E-state index in [4.69, 9.17) is 15.0 Å². The van der Waals surface area contributed by atoms with E-state index >= 15 is 0 Å². The fourth-order valence-corrected chi connectivity index (χ4v) is 5.77. The summed E-state index contributed by atoms with van der Waals surface area (Å²) in [6.45, 7) is 6.29. The van der Waals surface area contributed by atoms with Crippen molar-refractivity contribution in [1.29, 1.82) is 0 Å². The van der Waals surface area contributed by atoms with E-state index in [9.17, 15) is 0 Å². The fourth-order valence-electron chi connectivity index (χ4n) is 5.77. The van der Waals surface area contributed by atoms with Crippen LogP contribution in [-0.4, -0.2) is 35.1 Å². The lowest BCUT2D eigenvalue weighted by Gasteiger charge is -2.10. The van der Waals surface area contributed by atoms with E-state index < -0.39 is 0 Å². The molecule has 4 aromatic heterocycles. The number of nitrogens with one attached hydrogen (secondary N) is 2. The van der Waals surface area contributed by atoms with Gasteiger partial charge in [0, 0.05) is 44.4 Å². The van der Waals surface area contributed by atoms with E-state index in [2.05, 4.69) is 76.5 Å². The predicted octanol–water partition coefficient (Wildman–Crippen LogP) is 7.34. The maximum absolute atomic E-state index is 4.92. The molecule has 0 aliphatic carbocycles. The minimum atomic E-state index is 0.299. The summed E-state index contributed by atoms with van der Waals surface area (Å²) in [5.41, 5.74) is 7.23. The highest BCUT2D eigenvalue weighted by Crippen LogP contribution is 2.38. The van der Waals surface area contributed by atoms with Gasteiger partial charge in [0.25, 0.3) is 0 Å². The number of pyridine rings is 1. The molecule has 182 valence electrons. The molecule has 7 heteroatoms. The monoisotopic (exact) mass is 493 g/mol. The van der Waals surface area contributed by atoms with Crippen molar-refractivity contribution in [3.05, 3.63) is 78.8 Å². The van der Waals surface area contributed by atoms with E-state index in [-0.39, 0.29) is 0 Å². The Hall–Kier alpha value is -4.91. The van der Waals surface area contributed by atoms with Crippen LogP contribution in [0.4, 0.5) is 0 Å². The van der Waals surface area contributed by atoms with Crippen molar-refractivity contribution in [3.63, 3.8) is 0 Å². The second kappa shape index (κ2) is 7.55. The molecule has 2 N–H and O–H groups in total. The highest BCUT2D eigenvalue weighted by atomic mass is 15.1. The molecule has 0 aliphatic rings. The third-order valence-electron chi connectivity index (χ3n) is 7.60. The van der Waals surface area contributed by atoms with E-state index in [1.165, 1.54) is 0 Å². The lowest BCUT2D eigenvalue weighted by atomic mass is 9.95. The zero-order valence-corrected chi connectivity index (χ0v) is 21.2. The fraction of sp³-hybridized carbons (Fsp3) is 0.129. The van der Waals surface area contributed by atoms with Crippen molar-refractivity contribution in [1.82, 2.24) is 35.1 Å². The van der Waals surface area contributed by atoms with Gasteiger partial charge in [-0.2, -0.15) is 10.2 Å². The molecule has 0 amide bonds. The van der Waals surface area contributed by atoms with Crippen LogP contribution in [0.1, 0.15) is 31.4 Å². The first-order chi connectivity index (χ1) is 18.6. The summed E-state index contributed by atoms with van der Waals surface area (Å²) in [6.07, 6.45) is 5.52. The molecule has 0 spiro atoms. The van der Waals surface area contributed by atoms with E-state index in [1.54, 1.807) is 0 Å². The summed E-state index contributed by atoms with van der Waals surface area (Å²) in [5, 5.41) is 16.0. The highest BCUT2D eigenvalue weighted by Gasteiger charge is 2.17. The lowest BCUT2D eigenvalue weighted by molar-refractivity contribution is 0.799. The molecule has 0 radical (unpaired) electrons. The first kappa shape index (κ1) is 21.2. The van der Waals surface area contributed by atoms with Gasteiger partial charge in [0.15, 0.2) is 0 Å². The Labute approximate surface area is 217 Å². The number of rotatable bonds is 2. The van der Waals surface area contributed by atoms with Crippen molar-refractivity contribution in [2.24, 2.45) is 0 Å². The van der Waals surface area contributed by atoms with Gasteiger partial charge < -0.3 is 9.97 Å². The van der Waals surface area contributed by atoms with Crippen LogP contribution in [0, 0.1) is 6.92 Å². The van der Waals surface area contributed by atoms with Crippen LogP contribution in [0.5, 0.6) is 0 Å². The molecule has 0 atom stereocenters.